The highest BCUT2D eigenvalue weighted by Gasteiger charge is 2.00. The first-order valence-corrected chi connectivity index (χ1v) is 5.40. The standard InChI is InChI=1S/C14H15N/c1-3-5-9-15-10-8-13-7-6-12(4-2)11-14(13)15/h2,6-8,10-11H,3,5,9H2,1H3. The van der Waals surface area contributed by atoms with E-state index in [9.17, 15) is 0 Å². The number of aromatic nitrogens is 1. The van der Waals surface area contributed by atoms with Gasteiger partial charge in [-0.15, -0.1) is 6.42 Å². The van der Waals surface area contributed by atoms with Gasteiger partial charge in [-0.3, -0.25) is 0 Å². The largest absolute Gasteiger partial charge is 0.347 e. The first-order valence-electron chi connectivity index (χ1n) is 5.40. The van der Waals surface area contributed by atoms with Crippen LogP contribution in [0.3, 0.4) is 0 Å². The second-order valence-electron chi connectivity index (χ2n) is 3.78. The zero-order valence-electron chi connectivity index (χ0n) is 9.03. The predicted molar refractivity (Wildman–Crippen MR) is 64.8 cm³/mol. The van der Waals surface area contributed by atoms with E-state index in [2.05, 4.69) is 41.8 Å². The average molecular weight is 197 g/mol. The fraction of sp³-hybridized carbons (Fsp3) is 0.286. The summed E-state index contributed by atoms with van der Waals surface area (Å²) in [5, 5.41) is 1.27. The lowest BCUT2D eigenvalue weighted by Crippen LogP contribution is -1.95. The summed E-state index contributed by atoms with van der Waals surface area (Å²) in [7, 11) is 0. The van der Waals surface area contributed by atoms with Gasteiger partial charge in [-0.2, -0.15) is 0 Å². The van der Waals surface area contributed by atoms with Gasteiger partial charge in [0.1, 0.15) is 0 Å². The fourth-order valence-electron chi connectivity index (χ4n) is 1.80. The van der Waals surface area contributed by atoms with Crippen molar-refractivity contribution in [1.29, 1.82) is 0 Å². The minimum Gasteiger partial charge on any atom is -0.347 e. The Morgan fingerprint density at radius 3 is 2.93 bits per heavy atom. The molecule has 2 rings (SSSR count). The van der Waals surface area contributed by atoms with E-state index in [1.807, 2.05) is 6.07 Å². The molecule has 0 unspecified atom stereocenters. The SMILES string of the molecule is C#Cc1ccc2ccn(CCCC)c2c1. The molecule has 0 spiro atoms. The summed E-state index contributed by atoms with van der Waals surface area (Å²) >= 11 is 0. The van der Waals surface area contributed by atoms with E-state index >= 15 is 0 Å². The average Bonchev–Trinajstić information content (AvgIpc) is 2.68. The van der Waals surface area contributed by atoms with Crippen LogP contribution in [0.25, 0.3) is 10.9 Å². The van der Waals surface area contributed by atoms with Gasteiger partial charge in [0.15, 0.2) is 0 Å². The fourth-order valence-corrected chi connectivity index (χ4v) is 1.80. The summed E-state index contributed by atoms with van der Waals surface area (Å²) in [6, 6.07) is 8.32. The molecule has 1 heterocycles. The van der Waals surface area contributed by atoms with E-state index < -0.39 is 0 Å². The highest BCUT2D eigenvalue weighted by Crippen LogP contribution is 2.17. The quantitative estimate of drug-likeness (QED) is 0.664. The Balaban J connectivity index is 2.43. The summed E-state index contributed by atoms with van der Waals surface area (Å²) in [5.74, 6) is 2.68. The molecule has 0 atom stereocenters. The third kappa shape index (κ3) is 1.89. The molecule has 0 aliphatic carbocycles. The normalized spacial score (nSPS) is 10.4. The number of nitrogens with zero attached hydrogens (tertiary/aromatic N) is 1. The molecule has 1 heteroatoms. The molecule has 0 saturated carbocycles. The number of aryl methyl sites for hydroxylation is 1. The topological polar surface area (TPSA) is 4.93 Å². The number of rotatable bonds is 3. The minimum absolute atomic E-state index is 0.957. The second kappa shape index (κ2) is 4.23. The molecule has 0 saturated heterocycles. The Labute approximate surface area is 90.7 Å². The molecular formula is C14H15N. The van der Waals surface area contributed by atoms with Gasteiger partial charge in [-0.05, 0) is 30.0 Å². The second-order valence-corrected chi connectivity index (χ2v) is 3.78. The van der Waals surface area contributed by atoms with Gasteiger partial charge in [0.25, 0.3) is 0 Å². The highest BCUT2D eigenvalue weighted by molar-refractivity contribution is 5.81. The van der Waals surface area contributed by atoms with Crippen LogP contribution in [-0.4, -0.2) is 4.57 Å². The van der Waals surface area contributed by atoms with Crippen molar-refractivity contribution in [3.8, 4) is 12.3 Å². The van der Waals surface area contributed by atoms with Crippen molar-refractivity contribution in [2.45, 2.75) is 26.3 Å². The zero-order valence-corrected chi connectivity index (χ0v) is 9.03. The van der Waals surface area contributed by atoms with Crippen LogP contribution in [0.2, 0.25) is 0 Å². The van der Waals surface area contributed by atoms with Gasteiger partial charge < -0.3 is 4.57 Å². The number of hydrogen-bond donors (Lipinski definition) is 0. The molecule has 15 heavy (non-hydrogen) atoms. The molecule has 0 amide bonds. The van der Waals surface area contributed by atoms with Crippen molar-refractivity contribution in [1.82, 2.24) is 4.57 Å². The number of benzene rings is 1. The highest BCUT2D eigenvalue weighted by atomic mass is 14.9. The van der Waals surface area contributed by atoms with Gasteiger partial charge >= 0.3 is 0 Å². The molecule has 1 aromatic heterocycles. The van der Waals surface area contributed by atoms with Crippen LogP contribution in [0, 0.1) is 12.3 Å². The Morgan fingerprint density at radius 2 is 2.20 bits per heavy atom. The molecule has 0 radical (unpaired) electrons. The van der Waals surface area contributed by atoms with E-state index in [4.69, 9.17) is 6.42 Å². The Bertz CT molecular complexity index is 500. The monoisotopic (exact) mass is 197 g/mol. The minimum atomic E-state index is 0.957. The summed E-state index contributed by atoms with van der Waals surface area (Å²) in [4.78, 5) is 0. The van der Waals surface area contributed by atoms with Crippen LogP contribution < -0.4 is 0 Å². The predicted octanol–water partition coefficient (Wildman–Crippen LogP) is 3.42. The lowest BCUT2D eigenvalue weighted by molar-refractivity contribution is 0.650. The van der Waals surface area contributed by atoms with Crippen LogP contribution in [0.15, 0.2) is 30.5 Å². The van der Waals surface area contributed by atoms with Crippen LogP contribution >= 0.6 is 0 Å². The molecule has 76 valence electrons. The lowest BCUT2D eigenvalue weighted by atomic mass is 10.2. The van der Waals surface area contributed by atoms with E-state index in [1.165, 1.54) is 23.7 Å². The molecular weight excluding hydrogens is 182 g/mol. The number of hydrogen-bond acceptors (Lipinski definition) is 0. The van der Waals surface area contributed by atoms with Gasteiger partial charge in [0.05, 0.1) is 0 Å². The maximum Gasteiger partial charge on any atom is 0.0492 e. The van der Waals surface area contributed by atoms with Crippen molar-refractivity contribution >= 4 is 10.9 Å². The Kier molecular flexibility index (Phi) is 2.78. The molecule has 1 nitrogen and oxygen atoms in total. The number of terminal acetylenes is 1. The number of fused-ring (bicyclic) bond motifs is 1. The summed E-state index contributed by atoms with van der Waals surface area (Å²) in [5.41, 5.74) is 2.21. The van der Waals surface area contributed by atoms with Gasteiger partial charge in [-0.25, -0.2) is 0 Å². The van der Waals surface area contributed by atoms with E-state index in [-0.39, 0.29) is 0 Å². The van der Waals surface area contributed by atoms with Crippen LogP contribution in [0.1, 0.15) is 25.3 Å². The van der Waals surface area contributed by atoms with E-state index in [0.29, 0.717) is 0 Å². The van der Waals surface area contributed by atoms with Crippen molar-refractivity contribution in [3.05, 3.63) is 36.0 Å². The Morgan fingerprint density at radius 1 is 1.33 bits per heavy atom. The van der Waals surface area contributed by atoms with Crippen molar-refractivity contribution in [2.24, 2.45) is 0 Å². The van der Waals surface area contributed by atoms with Crippen molar-refractivity contribution in [2.75, 3.05) is 0 Å². The van der Waals surface area contributed by atoms with Gasteiger partial charge in [0, 0.05) is 23.8 Å². The third-order valence-corrected chi connectivity index (χ3v) is 2.69. The van der Waals surface area contributed by atoms with Gasteiger partial charge in [0.2, 0.25) is 0 Å². The summed E-state index contributed by atoms with van der Waals surface area (Å²) in [6.45, 7) is 3.28. The molecule has 1 aromatic carbocycles. The Hall–Kier alpha value is -1.68. The van der Waals surface area contributed by atoms with Crippen LogP contribution in [0.5, 0.6) is 0 Å². The molecule has 0 aliphatic rings. The lowest BCUT2D eigenvalue weighted by Gasteiger charge is -2.04. The van der Waals surface area contributed by atoms with E-state index in [0.717, 1.165) is 12.1 Å². The third-order valence-electron chi connectivity index (χ3n) is 2.69. The first kappa shape index (κ1) is 9.86. The summed E-state index contributed by atoms with van der Waals surface area (Å²) in [6.07, 6.45) is 9.97. The zero-order chi connectivity index (χ0) is 10.7. The van der Waals surface area contributed by atoms with Gasteiger partial charge in [-0.1, -0.05) is 25.3 Å². The molecule has 0 fully saturated rings. The molecule has 0 aliphatic heterocycles. The van der Waals surface area contributed by atoms with Crippen LogP contribution in [-0.2, 0) is 6.54 Å². The summed E-state index contributed by atoms with van der Waals surface area (Å²) < 4.78 is 2.28. The maximum absolute atomic E-state index is 5.40. The molecule has 0 N–H and O–H groups in total. The molecule has 2 aromatic rings. The van der Waals surface area contributed by atoms with Crippen molar-refractivity contribution in [3.63, 3.8) is 0 Å². The van der Waals surface area contributed by atoms with Crippen molar-refractivity contribution < 1.29 is 0 Å². The maximum atomic E-state index is 5.40. The molecule has 0 bridgehead atoms. The smallest absolute Gasteiger partial charge is 0.0492 e. The van der Waals surface area contributed by atoms with E-state index in [1.54, 1.807) is 0 Å². The van der Waals surface area contributed by atoms with Crippen LogP contribution in [0.4, 0.5) is 0 Å². The number of unbranched alkanes of at least 4 members (excludes halogenated alkanes) is 1. The first-order chi connectivity index (χ1) is 7.35.